The Morgan fingerprint density at radius 1 is 0.978 bits per heavy atom. The number of carbonyl (C=O) groups excluding carboxylic acids is 4. The standard InChI is InChI=1S/C37H47N3O6/c1-35(2,3)33(43)28(40-36(4,5)6)17-18-29(41)38-21-22-45-34(44)23-13-15-24(16-14-23)39-30-25-11-9-10-12-26(25)32-27(31(30)42)19-20-37(7,8)46-32/h9-16,28,40H,17-22H2,1-8H3,(H,38,41)/b39-30-. The normalized spacial score (nSPS) is 17.5. The minimum absolute atomic E-state index is 0.000818. The number of fused-ring (bicyclic) bond motifs is 2. The van der Waals surface area contributed by atoms with E-state index in [1.807, 2.05) is 79.7 Å². The Labute approximate surface area is 272 Å². The molecule has 1 unspecified atom stereocenters. The summed E-state index contributed by atoms with van der Waals surface area (Å²) in [5, 5.41) is 6.09. The summed E-state index contributed by atoms with van der Waals surface area (Å²) < 4.78 is 11.6. The van der Waals surface area contributed by atoms with E-state index in [9.17, 15) is 19.2 Å². The molecule has 2 N–H and O–H groups in total. The Bertz CT molecular complexity index is 1550. The molecule has 1 aliphatic heterocycles. The number of ketones is 2. The van der Waals surface area contributed by atoms with Crippen molar-refractivity contribution in [3.63, 3.8) is 0 Å². The molecule has 1 aliphatic carbocycles. The first-order chi connectivity index (χ1) is 21.4. The van der Waals surface area contributed by atoms with Gasteiger partial charge in [0.15, 0.2) is 5.78 Å². The predicted molar refractivity (Wildman–Crippen MR) is 179 cm³/mol. The molecule has 1 atom stereocenters. The van der Waals surface area contributed by atoms with E-state index in [1.165, 1.54) is 0 Å². The smallest absolute Gasteiger partial charge is 0.338 e. The molecule has 2 aromatic carbocycles. The minimum Gasteiger partial charge on any atom is -0.487 e. The van der Waals surface area contributed by atoms with E-state index in [-0.39, 0.29) is 48.2 Å². The van der Waals surface area contributed by atoms with Crippen LogP contribution in [0.3, 0.4) is 0 Å². The van der Waals surface area contributed by atoms with Gasteiger partial charge in [-0.2, -0.15) is 0 Å². The van der Waals surface area contributed by atoms with Crippen LogP contribution in [0.5, 0.6) is 0 Å². The van der Waals surface area contributed by atoms with Crippen molar-refractivity contribution in [1.29, 1.82) is 0 Å². The fraction of sp³-hybridized carbons (Fsp3) is 0.486. The molecule has 9 nitrogen and oxygen atoms in total. The number of ether oxygens (including phenoxy) is 2. The molecule has 2 aromatic rings. The molecule has 1 heterocycles. The summed E-state index contributed by atoms with van der Waals surface area (Å²) in [6.07, 6.45) is 1.90. The van der Waals surface area contributed by atoms with Crippen LogP contribution in [0, 0.1) is 5.41 Å². The highest BCUT2D eigenvalue weighted by atomic mass is 16.5. The number of esters is 1. The lowest BCUT2D eigenvalue weighted by Crippen LogP contribution is -2.51. The topological polar surface area (TPSA) is 123 Å². The number of nitrogens with one attached hydrogen (secondary N) is 2. The maximum absolute atomic E-state index is 13.5. The zero-order valence-corrected chi connectivity index (χ0v) is 28.3. The summed E-state index contributed by atoms with van der Waals surface area (Å²) in [4.78, 5) is 56.2. The van der Waals surface area contributed by atoms with Gasteiger partial charge < -0.3 is 20.1 Å². The summed E-state index contributed by atoms with van der Waals surface area (Å²) in [7, 11) is 0. The van der Waals surface area contributed by atoms with E-state index in [0.717, 1.165) is 17.5 Å². The van der Waals surface area contributed by atoms with Crippen molar-refractivity contribution in [2.24, 2.45) is 10.4 Å². The molecule has 2 aliphatic rings. The number of amides is 1. The summed E-state index contributed by atoms with van der Waals surface area (Å²) in [6, 6.07) is 13.7. The zero-order chi connectivity index (χ0) is 33.9. The van der Waals surface area contributed by atoms with Gasteiger partial charge in [-0.05, 0) is 78.1 Å². The Hall–Kier alpha value is -4.11. The van der Waals surface area contributed by atoms with Crippen molar-refractivity contribution >= 4 is 40.6 Å². The molecule has 0 radical (unpaired) electrons. The number of aliphatic imine (C=N–C) groups is 1. The van der Waals surface area contributed by atoms with E-state index < -0.39 is 17.4 Å². The van der Waals surface area contributed by atoms with Crippen LogP contribution in [0.2, 0.25) is 0 Å². The lowest BCUT2D eigenvalue weighted by atomic mass is 9.82. The molecule has 46 heavy (non-hydrogen) atoms. The quantitative estimate of drug-likeness (QED) is 0.240. The lowest BCUT2D eigenvalue weighted by Gasteiger charge is -2.36. The predicted octanol–water partition coefficient (Wildman–Crippen LogP) is 6.12. The van der Waals surface area contributed by atoms with Gasteiger partial charge in [-0.3, -0.25) is 14.4 Å². The van der Waals surface area contributed by atoms with Gasteiger partial charge in [0, 0.05) is 34.1 Å². The Balaban J connectivity index is 1.31. The molecular formula is C37H47N3O6. The van der Waals surface area contributed by atoms with E-state index in [0.29, 0.717) is 41.1 Å². The molecule has 4 rings (SSSR count). The summed E-state index contributed by atoms with van der Waals surface area (Å²) in [6.45, 7) is 15.8. The van der Waals surface area contributed by atoms with Gasteiger partial charge in [0.05, 0.1) is 23.8 Å². The Morgan fingerprint density at radius 2 is 1.63 bits per heavy atom. The summed E-state index contributed by atoms with van der Waals surface area (Å²) in [5.41, 5.74) is 2.29. The van der Waals surface area contributed by atoms with Crippen LogP contribution in [0.25, 0.3) is 5.76 Å². The fourth-order valence-corrected chi connectivity index (χ4v) is 5.52. The molecule has 0 saturated carbocycles. The first-order valence-electron chi connectivity index (χ1n) is 16.0. The van der Waals surface area contributed by atoms with Gasteiger partial charge in [0.2, 0.25) is 11.7 Å². The number of hydrogen-bond donors (Lipinski definition) is 2. The highest BCUT2D eigenvalue weighted by Crippen LogP contribution is 2.41. The minimum atomic E-state index is -0.533. The van der Waals surface area contributed by atoms with Crippen molar-refractivity contribution in [3.8, 4) is 0 Å². The number of Topliss-reactive ketones (excluding diaryl/α,β-unsaturated/α-hetero) is 2. The SMILES string of the molecule is CC(C)(C)NC(CCC(=O)NCCOC(=O)c1ccc(/N=C2\C(=O)C3=C(OC(C)(C)CC3)c3ccccc32)cc1)C(=O)C(C)(C)C. The first-order valence-corrected chi connectivity index (χ1v) is 16.0. The van der Waals surface area contributed by atoms with Gasteiger partial charge >= 0.3 is 5.97 Å². The second-order valence-corrected chi connectivity index (χ2v) is 14.6. The van der Waals surface area contributed by atoms with Crippen molar-refractivity contribution in [3.05, 3.63) is 70.8 Å². The molecule has 0 saturated heterocycles. The molecule has 0 bridgehead atoms. The maximum Gasteiger partial charge on any atom is 0.338 e. The van der Waals surface area contributed by atoms with Crippen LogP contribution >= 0.6 is 0 Å². The van der Waals surface area contributed by atoms with Gasteiger partial charge in [-0.1, -0.05) is 45.0 Å². The number of hydrogen-bond acceptors (Lipinski definition) is 8. The third-order valence-electron chi connectivity index (χ3n) is 7.87. The second-order valence-electron chi connectivity index (χ2n) is 14.6. The van der Waals surface area contributed by atoms with Gasteiger partial charge in [0.1, 0.15) is 23.7 Å². The van der Waals surface area contributed by atoms with Crippen LogP contribution in [0.15, 0.2) is 59.1 Å². The molecule has 246 valence electrons. The van der Waals surface area contributed by atoms with Crippen LogP contribution < -0.4 is 10.6 Å². The van der Waals surface area contributed by atoms with Crippen LogP contribution in [-0.4, -0.2) is 59.5 Å². The highest BCUT2D eigenvalue weighted by molar-refractivity contribution is 6.54. The molecule has 0 aromatic heterocycles. The van der Waals surface area contributed by atoms with Crippen LogP contribution in [0.4, 0.5) is 5.69 Å². The molecular weight excluding hydrogens is 582 g/mol. The Kier molecular flexibility index (Phi) is 10.4. The van der Waals surface area contributed by atoms with Gasteiger partial charge in [-0.15, -0.1) is 0 Å². The van der Waals surface area contributed by atoms with E-state index >= 15 is 0 Å². The molecule has 1 amide bonds. The van der Waals surface area contributed by atoms with Gasteiger partial charge in [-0.25, -0.2) is 9.79 Å². The average molecular weight is 630 g/mol. The second kappa shape index (κ2) is 13.7. The number of benzene rings is 2. The fourth-order valence-electron chi connectivity index (χ4n) is 5.52. The number of carbonyl (C=O) groups is 4. The van der Waals surface area contributed by atoms with E-state index in [4.69, 9.17) is 9.47 Å². The third kappa shape index (κ3) is 8.78. The van der Waals surface area contributed by atoms with E-state index in [2.05, 4.69) is 15.6 Å². The van der Waals surface area contributed by atoms with Crippen LogP contribution in [-0.2, 0) is 23.9 Å². The molecule has 0 fully saturated rings. The number of allylic oxidation sites excluding steroid dienone is 1. The number of nitrogens with zero attached hydrogens (tertiary/aromatic N) is 1. The molecule has 0 spiro atoms. The first kappa shape index (κ1) is 34.8. The van der Waals surface area contributed by atoms with Crippen molar-refractivity contribution in [1.82, 2.24) is 10.6 Å². The molecule has 9 heteroatoms. The summed E-state index contributed by atoms with van der Waals surface area (Å²) >= 11 is 0. The average Bonchev–Trinajstić information content (AvgIpc) is 2.98. The summed E-state index contributed by atoms with van der Waals surface area (Å²) in [5.74, 6) is -0.188. The monoisotopic (exact) mass is 629 g/mol. The van der Waals surface area contributed by atoms with Crippen molar-refractivity contribution in [2.75, 3.05) is 13.2 Å². The lowest BCUT2D eigenvalue weighted by molar-refractivity contribution is -0.129. The third-order valence-corrected chi connectivity index (χ3v) is 7.87. The van der Waals surface area contributed by atoms with Crippen molar-refractivity contribution in [2.45, 2.75) is 98.3 Å². The van der Waals surface area contributed by atoms with Gasteiger partial charge in [0.25, 0.3) is 0 Å². The van der Waals surface area contributed by atoms with Crippen molar-refractivity contribution < 1.29 is 28.7 Å². The zero-order valence-electron chi connectivity index (χ0n) is 28.3. The number of rotatable bonds is 10. The maximum atomic E-state index is 13.5. The largest absolute Gasteiger partial charge is 0.487 e. The van der Waals surface area contributed by atoms with Crippen LogP contribution in [0.1, 0.15) is 103 Å². The highest BCUT2D eigenvalue weighted by Gasteiger charge is 2.38. The Morgan fingerprint density at radius 3 is 2.26 bits per heavy atom. The van der Waals surface area contributed by atoms with E-state index in [1.54, 1.807) is 24.3 Å².